The molecule has 3 rings (SSSR count). The number of amides is 1. The van der Waals surface area contributed by atoms with Crippen molar-refractivity contribution in [3.63, 3.8) is 0 Å². The Morgan fingerprint density at radius 3 is 2.42 bits per heavy atom. The number of non-ortho nitro benzene ring substituents is 1. The fraction of sp³-hybridized carbons (Fsp3) is 0.182. The summed E-state index contributed by atoms with van der Waals surface area (Å²) in [6, 6.07) is 11.9. The highest BCUT2D eigenvalue weighted by Gasteiger charge is 2.19. The summed E-state index contributed by atoms with van der Waals surface area (Å²) in [6.45, 7) is 0.404. The number of carbonyl (C=O) groups excluding carboxylic acids is 1. The lowest BCUT2D eigenvalue weighted by Crippen LogP contribution is -2.23. The molecule has 0 bridgehead atoms. The summed E-state index contributed by atoms with van der Waals surface area (Å²) in [5, 5.41) is 13.8. The molecule has 33 heavy (non-hydrogen) atoms. The smallest absolute Gasteiger partial charge is 0.271 e. The van der Waals surface area contributed by atoms with E-state index in [1.165, 1.54) is 7.11 Å². The molecule has 0 atom stereocenters. The number of aromatic nitrogens is 1. The Hall–Kier alpha value is -3.99. The van der Waals surface area contributed by atoms with Crippen LogP contribution in [0.2, 0.25) is 0 Å². The second-order valence-electron chi connectivity index (χ2n) is 7.06. The molecule has 0 radical (unpaired) electrons. The van der Waals surface area contributed by atoms with Crippen molar-refractivity contribution in [3.05, 3.63) is 87.7 Å². The number of nitrogens with one attached hydrogen (secondary N) is 1. The molecule has 0 saturated carbocycles. The number of sulfone groups is 1. The fourth-order valence-electron chi connectivity index (χ4n) is 2.90. The van der Waals surface area contributed by atoms with Crippen molar-refractivity contribution in [1.29, 1.82) is 0 Å². The number of nitro benzene ring substituents is 1. The van der Waals surface area contributed by atoms with Crippen LogP contribution in [0.4, 0.5) is 5.69 Å². The van der Waals surface area contributed by atoms with Crippen LogP contribution in [-0.4, -0.2) is 37.6 Å². The number of hydrogen-bond acceptors (Lipinski definition) is 8. The van der Waals surface area contributed by atoms with E-state index in [9.17, 15) is 23.3 Å². The normalized spacial score (nSPS) is 11.0. The van der Waals surface area contributed by atoms with Gasteiger partial charge in [-0.1, -0.05) is 6.07 Å². The van der Waals surface area contributed by atoms with E-state index in [0.29, 0.717) is 23.7 Å². The van der Waals surface area contributed by atoms with Gasteiger partial charge in [-0.15, -0.1) is 0 Å². The molecular weight excluding hydrogens is 450 g/mol. The van der Waals surface area contributed by atoms with Crippen molar-refractivity contribution >= 4 is 21.4 Å². The highest BCUT2D eigenvalue weighted by molar-refractivity contribution is 7.90. The average Bonchev–Trinajstić information content (AvgIpc) is 2.81. The van der Waals surface area contributed by atoms with E-state index in [2.05, 4.69) is 10.3 Å². The van der Waals surface area contributed by atoms with Gasteiger partial charge < -0.3 is 14.8 Å². The summed E-state index contributed by atoms with van der Waals surface area (Å²) in [5.41, 5.74) is 1.01. The number of hydrogen-bond donors (Lipinski definition) is 1. The third kappa shape index (κ3) is 6.26. The van der Waals surface area contributed by atoms with Crippen LogP contribution in [0.1, 0.15) is 21.5 Å². The maximum absolute atomic E-state index is 12.6. The monoisotopic (exact) mass is 471 g/mol. The minimum absolute atomic E-state index is 0.0801. The Labute approximate surface area is 190 Å². The first kappa shape index (κ1) is 23.7. The summed E-state index contributed by atoms with van der Waals surface area (Å²) in [7, 11) is -2.25. The molecule has 0 unspecified atom stereocenters. The van der Waals surface area contributed by atoms with Crippen LogP contribution in [0.15, 0.2) is 65.8 Å². The van der Waals surface area contributed by atoms with Crippen LogP contribution in [-0.2, 0) is 23.0 Å². The number of pyridine rings is 1. The molecule has 0 aliphatic rings. The predicted molar refractivity (Wildman–Crippen MR) is 119 cm³/mol. The molecule has 0 aliphatic heterocycles. The van der Waals surface area contributed by atoms with Gasteiger partial charge >= 0.3 is 0 Å². The topological polar surface area (TPSA) is 138 Å². The highest BCUT2D eigenvalue weighted by Crippen LogP contribution is 2.29. The van der Waals surface area contributed by atoms with Gasteiger partial charge in [-0.05, 0) is 41.5 Å². The van der Waals surface area contributed by atoms with E-state index in [-0.39, 0.29) is 17.0 Å². The molecule has 0 spiro atoms. The van der Waals surface area contributed by atoms with Crippen LogP contribution in [0.5, 0.6) is 11.5 Å². The average molecular weight is 471 g/mol. The van der Waals surface area contributed by atoms with Gasteiger partial charge in [0.15, 0.2) is 21.3 Å². The van der Waals surface area contributed by atoms with Gasteiger partial charge in [-0.3, -0.25) is 19.9 Å². The predicted octanol–water partition coefficient (Wildman–Crippen LogP) is 2.91. The molecule has 172 valence electrons. The van der Waals surface area contributed by atoms with E-state index in [0.717, 1.165) is 30.0 Å². The van der Waals surface area contributed by atoms with Gasteiger partial charge in [-0.2, -0.15) is 0 Å². The molecule has 1 aromatic heterocycles. The third-order valence-electron chi connectivity index (χ3n) is 4.62. The van der Waals surface area contributed by atoms with Crippen LogP contribution in [0.3, 0.4) is 0 Å². The van der Waals surface area contributed by atoms with E-state index < -0.39 is 26.4 Å². The zero-order chi connectivity index (χ0) is 24.0. The summed E-state index contributed by atoms with van der Waals surface area (Å²) in [6.07, 6.45) is 4.25. The summed E-state index contributed by atoms with van der Waals surface area (Å²) < 4.78 is 34.8. The van der Waals surface area contributed by atoms with Gasteiger partial charge in [0.1, 0.15) is 6.61 Å². The molecule has 1 heterocycles. The number of nitro groups is 1. The van der Waals surface area contributed by atoms with Gasteiger partial charge in [0.2, 0.25) is 0 Å². The summed E-state index contributed by atoms with van der Waals surface area (Å²) in [5.74, 6) is 0.326. The molecule has 2 aromatic carbocycles. The number of benzene rings is 2. The van der Waals surface area contributed by atoms with Crippen LogP contribution >= 0.6 is 0 Å². The highest BCUT2D eigenvalue weighted by atomic mass is 32.2. The molecule has 10 nitrogen and oxygen atoms in total. The second kappa shape index (κ2) is 10.1. The van der Waals surface area contributed by atoms with Crippen molar-refractivity contribution in [2.75, 3.05) is 13.4 Å². The van der Waals surface area contributed by atoms with Crippen LogP contribution < -0.4 is 14.8 Å². The quantitative estimate of drug-likeness (QED) is 0.371. The molecule has 11 heteroatoms. The first-order valence-corrected chi connectivity index (χ1v) is 11.5. The number of methoxy groups -OCH3 is 1. The maximum atomic E-state index is 12.6. The van der Waals surface area contributed by atoms with Gasteiger partial charge in [0.05, 0.1) is 16.9 Å². The molecule has 0 aliphatic carbocycles. The lowest BCUT2D eigenvalue weighted by atomic mass is 10.1. The Morgan fingerprint density at radius 2 is 1.79 bits per heavy atom. The van der Waals surface area contributed by atoms with E-state index in [1.54, 1.807) is 30.6 Å². The van der Waals surface area contributed by atoms with Crippen LogP contribution in [0.25, 0.3) is 0 Å². The largest absolute Gasteiger partial charge is 0.493 e. The molecule has 0 saturated heterocycles. The standard InChI is InChI=1S/C22H21N3O7S/c1-31-21-9-16(3-4-20(21)32-14-15-5-7-23-8-6-15)13-24-22(26)17-10-18(25(27)28)12-19(11-17)33(2,29)30/h3-12H,13-14H2,1-2H3,(H,24,26). The van der Waals surface area contributed by atoms with Gasteiger partial charge in [0.25, 0.3) is 11.6 Å². The molecular formula is C22H21N3O7S. The number of nitrogens with zero attached hydrogens (tertiary/aromatic N) is 2. The Balaban J connectivity index is 1.72. The molecule has 0 fully saturated rings. The van der Waals surface area contributed by atoms with Crippen molar-refractivity contribution < 1.29 is 27.6 Å². The lowest BCUT2D eigenvalue weighted by Gasteiger charge is -2.13. The SMILES string of the molecule is COc1cc(CNC(=O)c2cc([N+](=O)[O-])cc(S(C)(=O)=O)c2)ccc1OCc1ccncc1. The van der Waals surface area contributed by atoms with Gasteiger partial charge in [-0.25, -0.2) is 8.42 Å². The Morgan fingerprint density at radius 1 is 1.06 bits per heavy atom. The summed E-state index contributed by atoms with van der Waals surface area (Å²) >= 11 is 0. The number of ether oxygens (including phenoxy) is 2. The molecule has 1 N–H and O–H groups in total. The van der Waals surface area contributed by atoms with Crippen molar-refractivity contribution in [2.24, 2.45) is 0 Å². The minimum atomic E-state index is -3.74. The van der Waals surface area contributed by atoms with Gasteiger partial charge in [0, 0.05) is 42.9 Å². The van der Waals surface area contributed by atoms with Crippen molar-refractivity contribution in [2.45, 2.75) is 18.0 Å². The zero-order valence-corrected chi connectivity index (χ0v) is 18.7. The maximum Gasteiger partial charge on any atom is 0.271 e. The molecule has 3 aromatic rings. The lowest BCUT2D eigenvalue weighted by molar-refractivity contribution is -0.385. The first-order valence-electron chi connectivity index (χ1n) is 9.63. The molecule has 1 amide bonds. The van der Waals surface area contributed by atoms with E-state index in [1.807, 2.05) is 12.1 Å². The summed E-state index contributed by atoms with van der Waals surface area (Å²) in [4.78, 5) is 26.6. The van der Waals surface area contributed by atoms with E-state index in [4.69, 9.17) is 9.47 Å². The first-order chi connectivity index (χ1) is 15.7. The third-order valence-corrected chi connectivity index (χ3v) is 5.71. The number of rotatable bonds is 9. The second-order valence-corrected chi connectivity index (χ2v) is 9.07. The Kier molecular flexibility index (Phi) is 7.23. The van der Waals surface area contributed by atoms with E-state index >= 15 is 0 Å². The zero-order valence-electron chi connectivity index (χ0n) is 17.8. The Bertz CT molecular complexity index is 1280. The van der Waals surface area contributed by atoms with Crippen molar-refractivity contribution in [3.8, 4) is 11.5 Å². The van der Waals surface area contributed by atoms with Crippen molar-refractivity contribution in [1.82, 2.24) is 10.3 Å². The fourth-order valence-corrected chi connectivity index (χ4v) is 3.58. The number of carbonyl (C=O) groups is 1. The van der Waals surface area contributed by atoms with Crippen LogP contribution in [0, 0.1) is 10.1 Å². The minimum Gasteiger partial charge on any atom is -0.493 e.